The van der Waals surface area contributed by atoms with Crippen LogP contribution in [0.5, 0.6) is 5.75 Å². The second kappa shape index (κ2) is 5.83. The number of carbonyl (C=O) groups is 1. The molecule has 124 valence electrons. The minimum Gasteiger partial charge on any atom is -0.493 e. The standard InChI is InChI=1S/C19H14N2O4/c1-24-16-7-6-14(19(22)20-12-8-10-21(23)11-9-12)17-13-4-2-3-5-15(13)25-18(16)17/h2-11,23H,1H3. The molecule has 0 atom stereocenters. The van der Waals surface area contributed by atoms with Crippen molar-refractivity contribution in [3.63, 3.8) is 0 Å². The molecule has 4 aromatic rings. The molecule has 0 fully saturated rings. The molecule has 0 radical (unpaired) electrons. The smallest absolute Gasteiger partial charge is 0.278 e. The maximum Gasteiger partial charge on any atom is 0.278 e. The first-order chi connectivity index (χ1) is 12.2. The summed E-state index contributed by atoms with van der Waals surface area (Å²) >= 11 is 0. The number of fused-ring (bicyclic) bond motifs is 3. The van der Waals surface area contributed by atoms with Crippen LogP contribution in [0.15, 0.2) is 70.3 Å². The summed E-state index contributed by atoms with van der Waals surface area (Å²) in [5.41, 5.74) is 1.63. The number of methoxy groups -OCH3 is 1. The van der Waals surface area contributed by atoms with Crippen molar-refractivity contribution in [2.24, 2.45) is 4.99 Å². The molecule has 0 aliphatic carbocycles. The van der Waals surface area contributed by atoms with Gasteiger partial charge in [0.1, 0.15) is 5.58 Å². The molecule has 0 spiro atoms. The molecule has 2 aromatic carbocycles. The average molecular weight is 334 g/mol. The molecule has 0 unspecified atom stereocenters. The monoisotopic (exact) mass is 334 g/mol. The summed E-state index contributed by atoms with van der Waals surface area (Å²) in [5, 5.41) is 11.2. The second-order valence-electron chi connectivity index (χ2n) is 5.47. The summed E-state index contributed by atoms with van der Waals surface area (Å²) in [5.74, 6) is 0.165. The lowest BCUT2D eigenvalue weighted by Gasteiger charge is -2.03. The molecule has 0 saturated carbocycles. The summed E-state index contributed by atoms with van der Waals surface area (Å²) in [6.07, 6.45) is 2.81. The van der Waals surface area contributed by atoms with E-state index in [0.29, 0.717) is 33.2 Å². The maximum absolute atomic E-state index is 12.7. The number of amides is 1. The van der Waals surface area contributed by atoms with Gasteiger partial charge >= 0.3 is 0 Å². The van der Waals surface area contributed by atoms with Crippen molar-refractivity contribution in [2.75, 3.05) is 7.11 Å². The summed E-state index contributed by atoms with van der Waals surface area (Å²) < 4.78 is 12.1. The van der Waals surface area contributed by atoms with Gasteiger partial charge in [-0.05, 0) is 30.3 Å². The van der Waals surface area contributed by atoms with E-state index in [0.717, 1.165) is 10.1 Å². The fourth-order valence-electron chi connectivity index (χ4n) is 2.81. The SMILES string of the molecule is COc1ccc(C(=O)N=c2ccn(O)cc2)c2c1oc1ccccc12. The third-order valence-electron chi connectivity index (χ3n) is 3.97. The molecule has 2 heterocycles. The van der Waals surface area contributed by atoms with E-state index in [1.54, 1.807) is 31.4 Å². The molecular weight excluding hydrogens is 320 g/mol. The average Bonchev–Trinajstić information content (AvgIpc) is 3.02. The molecule has 1 amide bonds. The van der Waals surface area contributed by atoms with E-state index in [2.05, 4.69) is 4.99 Å². The van der Waals surface area contributed by atoms with Crippen LogP contribution in [0.1, 0.15) is 10.4 Å². The molecule has 0 bridgehead atoms. The van der Waals surface area contributed by atoms with E-state index in [1.165, 1.54) is 12.4 Å². The number of benzene rings is 2. The normalized spacial score (nSPS) is 10.9. The highest BCUT2D eigenvalue weighted by molar-refractivity contribution is 6.17. The molecule has 6 heteroatoms. The topological polar surface area (TPSA) is 77.0 Å². The van der Waals surface area contributed by atoms with Crippen molar-refractivity contribution in [1.82, 2.24) is 4.73 Å². The van der Waals surface area contributed by atoms with Gasteiger partial charge in [0.15, 0.2) is 11.3 Å². The Hall–Kier alpha value is -3.54. The van der Waals surface area contributed by atoms with E-state index in [-0.39, 0.29) is 0 Å². The fraction of sp³-hybridized carbons (Fsp3) is 0.0526. The number of rotatable bonds is 2. The molecule has 2 aromatic heterocycles. The Bertz CT molecular complexity index is 1150. The maximum atomic E-state index is 12.7. The largest absolute Gasteiger partial charge is 0.493 e. The number of nitrogens with zero attached hydrogens (tertiary/aromatic N) is 2. The van der Waals surface area contributed by atoms with E-state index >= 15 is 0 Å². The van der Waals surface area contributed by atoms with Crippen molar-refractivity contribution in [3.8, 4) is 5.75 Å². The lowest BCUT2D eigenvalue weighted by atomic mass is 10.1. The third-order valence-corrected chi connectivity index (χ3v) is 3.97. The number of aromatic nitrogens is 1. The fourth-order valence-corrected chi connectivity index (χ4v) is 2.81. The molecule has 6 nitrogen and oxygen atoms in total. The molecule has 0 aliphatic heterocycles. The van der Waals surface area contributed by atoms with Crippen LogP contribution in [-0.2, 0) is 0 Å². The molecule has 0 saturated heterocycles. The number of furan rings is 1. The predicted octanol–water partition coefficient (Wildman–Crippen LogP) is 3.37. The highest BCUT2D eigenvalue weighted by atomic mass is 16.5. The highest BCUT2D eigenvalue weighted by Gasteiger charge is 2.18. The summed E-state index contributed by atoms with van der Waals surface area (Å²) in [7, 11) is 1.56. The van der Waals surface area contributed by atoms with E-state index in [9.17, 15) is 10.0 Å². The first-order valence-electron chi connectivity index (χ1n) is 7.62. The Kier molecular flexibility index (Phi) is 3.50. The van der Waals surface area contributed by atoms with Crippen molar-refractivity contribution in [3.05, 3.63) is 71.8 Å². The minimum absolute atomic E-state index is 0.394. The van der Waals surface area contributed by atoms with Crippen molar-refractivity contribution < 1.29 is 19.2 Å². The van der Waals surface area contributed by atoms with Crippen LogP contribution in [-0.4, -0.2) is 23.0 Å². The predicted molar refractivity (Wildman–Crippen MR) is 91.8 cm³/mol. The summed E-state index contributed by atoms with van der Waals surface area (Å²) in [6.45, 7) is 0. The molecule has 0 aliphatic rings. The third kappa shape index (κ3) is 2.53. The number of hydrogen-bond donors (Lipinski definition) is 1. The van der Waals surface area contributed by atoms with Crippen molar-refractivity contribution >= 4 is 27.8 Å². The van der Waals surface area contributed by atoms with Gasteiger partial charge in [-0.3, -0.25) is 4.79 Å². The zero-order valence-electron chi connectivity index (χ0n) is 13.3. The van der Waals surface area contributed by atoms with Gasteiger partial charge in [0.2, 0.25) is 0 Å². The van der Waals surface area contributed by atoms with Crippen LogP contribution in [0.3, 0.4) is 0 Å². The lowest BCUT2D eigenvalue weighted by Crippen LogP contribution is -2.08. The Balaban J connectivity index is 1.97. The number of ether oxygens (including phenoxy) is 1. The van der Waals surface area contributed by atoms with Crippen LogP contribution in [0.2, 0.25) is 0 Å². The van der Waals surface area contributed by atoms with Crippen LogP contribution in [0, 0.1) is 0 Å². The first kappa shape index (κ1) is 15.0. The number of para-hydroxylation sites is 1. The first-order valence-corrected chi connectivity index (χ1v) is 7.62. The quantitative estimate of drug-likeness (QED) is 0.570. The Labute approximate surface area is 142 Å². The van der Waals surface area contributed by atoms with Gasteiger partial charge < -0.3 is 14.4 Å². The number of pyridine rings is 1. The van der Waals surface area contributed by atoms with Gasteiger partial charge in [-0.15, -0.1) is 0 Å². The highest BCUT2D eigenvalue weighted by Crippen LogP contribution is 2.37. The minimum atomic E-state index is -0.394. The van der Waals surface area contributed by atoms with Crippen molar-refractivity contribution in [1.29, 1.82) is 0 Å². The molecule has 4 rings (SSSR count). The van der Waals surface area contributed by atoms with Crippen molar-refractivity contribution in [2.45, 2.75) is 0 Å². The molecule has 1 N–H and O–H groups in total. The van der Waals surface area contributed by atoms with Gasteiger partial charge in [-0.2, -0.15) is 0 Å². The van der Waals surface area contributed by atoms with Gasteiger partial charge in [-0.1, -0.05) is 18.2 Å². The Morgan fingerprint density at radius 3 is 2.64 bits per heavy atom. The van der Waals surface area contributed by atoms with Gasteiger partial charge in [0.05, 0.1) is 18.0 Å². The van der Waals surface area contributed by atoms with Crippen LogP contribution >= 0.6 is 0 Å². The summed E-state index contributed by atoms with van der Waals surface area (Å²) in [6, 6.07) is 14.0. The van der Waals surface area contributed by atoms with Crippen LogP contribution in [0.4, 0.5) is 0 Å². The van der Waals surface area contributed by atoms with E-state index in [1.807, 2.05) is 24.3 Å². The molecule has 25 heavy (non-hydrogen) atoms. The van der Waals surface area contributed by atoms with E-state index in [4.69, 9.17) is 9.15 Å². The second-order valence-corrected chi connectivity index (χ2v) is 5.47. The zero-order chi connectivity index (χ0) is 17.4. The van der Waals surface area contributed by atoms with Crippen LogP contribution < -0.4 is 10.1 Å². The van der Waals surface area contributed by atoms with Gasteiger partial charge in [0, 0.05) is 23.2 Å². The van der Waals surface area contributed by atoms with Crippen LogP contribution in [0.25, 0.3) is 21.9 Å². The number of hydrogen-bond acceptors (Lipinski definition) is 4. The van der Waals surface area contributed by atoms with Gasteiger partial charge in [0.25, 0.3) is 5.91 Å². The molecular formula is C19H14N2O4. The summed E-state index contributed by atoms with van der Waals surface area (Å²) in [4.78, 5) is 16.9. The zero-order valence-corrected chi connectivity index (χ0v) is 13.3. The lowest BCUT2D eigenvalue weighted by molar-refractivity contribution is 0.0999. The Morgan fingerprint density at radius 1 is 1.12 bits per heavy atom. The Morgan fingerprint density at radius 2 is 1.88 bits per heavy atom. The number of carbonyl (C=O) groups excluding carboxylic acids is 1. The van der Waals surface area contributed by atoms with E-state index < -0.39 is 5.91 Å². The van der Waals surface area contributed by atoms with Gasteiger partial charge in [-0.25, -0.2) is 9.72 Å².